The summed E-state index contributed by atoms with van der Waals surface area (Å²) in [6.07, 6.45) is 6.04. The lowest BCUT2D eigenvalue weighted by Gasteiger charge is -2.35. The third kappa shape index (κ3) is 3.40. The maximum absolute atomic E-state index is 5.55. The smallest absolute Gasteiger partial charge is 0.316 e. The molecule has 0 saturated carbocycles. The second kappa shape index (κ2) is 6.66. The molecule has 1 fully saturated rings. The highest BCUT2D eigenvalue weighted by molar-refractivity contribution is 5.07. The fourth-order valence-electron chi connectivity index (χ4n) is 2.26. The van der Waals surface area contributed by atoms with Crippen molar-refractivity contribution in [2.24, 2.45) is 0 Å². The molecule has 2 rings (SSSR count). The van der Waals surface area contributed by atoms with Crippen LogP contribution in [0.25, 0.3) is 0 Å². The fourth-order valence-corrected chi connectivity index (χ4v) is 2.26. The molecule has 0 bridgehead atoms. The third-order valence-electron chi connectivity index (χ3n) is 3.22. The number of methoxy groups -OCH3 is 1. The number of ether oxygens (including phenoxy) is 2. The predicted molar refractivity (Wildman–Crippen MR) is 68.5 cm³/mol. The lowest BCUT2D eigenvalue weighted by molar-refractivity contribution is -0.0148. The van der Waals surface area contributed by atoms with E-state index in [2.05, 4.69) is 21.8 Å². The van der Waals surface area contributed by atoms with E-state index in [4.69, 9.17) is 9.47 Å². The molecule has 18 heavy (non-hydrogen) atoms. The minimum absolute atomic E-state index is 0.422. The fraction of sp³-hybridized carbons (Fsp3) is 0.692. The van der Waals surface area contributed by atoms with Gasteiger partial charge in [0, 0.05) is 37.1 Å². The van der Waals surface area contributed by atoms with Crippen LogP contribution < -0.4 is 4.74 Å². The molecule has 2 heterocycles. The number of hydrogen-bond acceptors (Lipinski definition) is 5. The van der Waals surface area contributed by atoms with Crippen molar-refractivity contribution in [2.75, 3.05) is 26.9 Å². The average molecular weight is 251 g/mol. The van der Waals surface area contributed by atoms with Crippen LogP contribution in [0.4, 0.5) is 0 Å². The van der Waals surface area contributed by atoms with Crippen molar-refractivity contribution in [3.63, 3.8) is 0 Å². The zero-order valence-electron chi connectivity index (χ0n) is 11.1. The lowest BCUT2D eigenvalue weighted by Crippen LogP contribution is -2.44. The summed E-state index contributed by atoms with van der Waals surface area (Å²) >= 11 is 0. The molecular formula is C13H21N3O2. The molecule has 1 aromatic rings. The standard InChI is InChI=1S/C13H21N3O2/c1-3-4-12-10-18-6-5-16(12)9-11-7-14-13(17-2)15-8-11/h7-8,12H,3-6,9-10H2,1-2H3/t12-/m1/s1. The topological polar surface area (TPSA) is 47.5 Å². The van der Waals surface area contributed by atoms with E-state index in [0.29, 0.717) is 12.1 Å². The van der Waals surface area contributed by atoms with E-state index in [-0.39, 0.29) is 0 Å². The van der Waals surface area contributed by atoms with Crippen LogP contribution in [0.2, 0.25) is 0 Å². The molecule has 0 aliphatic carbocycles. The molecular weight excluding hydrogens is 230 g/mol. The Morgan fingerprint density at radius 2 is 2.22 bits per heavy atom. The van der Waals surface area contributed by atoms with Crippen molar-refractivity contribution in [3.05, 3.63) is 18.0 Å². The summed E-state index contributed by atoms with van der Waals surface area (Å²) in [5.41, 5.74) is 1.12. The summed E-state index contributed by atoms with van der Waals surface area (Å²) < 4.78 is 10.5. The van der Waals surface area contributed by atoms with Gasteiger partial charge in [0.1, 0.15) is 0 Å². The molecule has 0 radical (unpaired) electrons. The second-order valence-electron chi connectivity index (χ2n) is 4.57. The zero-order chi connectivity index (χ0) is 12.8. The van der Waals surface area contributed by atoms with Crippen LogP contribution in [0.5, 0.6) is 6.01 Å². The predicted octanol–water partition coefficient (Wildman–Crippen LogP) is 1.49. The Morgan fingerprint density at radius 1 is 1.44 bits per heavy atom. The van der Waals surface area contributed by atoms with E-state index < -0.39 is 0 Å². The highest BCUT2D eigenvalue weighted by atomic mass is 16.5. The maximum atomic E-state index is 5.55. The van der Waals surface area contributed by atoms with Gasteiger partial charge in [-0.15, -0.1) is 0 Å². The Labute approximate surface area is 108 Å². The Kier molecular flexibility index (Phi) is 4.90. The van der Waals surface area contributed by atoms with Gasteiger partial charge in [0.25, 0.3) is 0 Å². The molecule has 1 saturated heterocycles. The molecule has 1 atom stereocenters. The Bertz CT molecular complexity index is 354. The first-order chi connectivity index (χ1) is 8.83. The van der Waals surface area contributed by atoms with E-state index in [1.54, 1.807) is 7.11 Å². The van der Waals surface area contributed by atoms with E-state index in [9.17, 15) is 0 Å². The van der Waals surface area contributed by atoms with Gasteiger partial charge in [0.15, 0.2) is 0 Å². The molecule has 0 N–H and O–H groups in total. The molecule has 1 aliphatic rings. The summed E-state index contributed by atoms with van der Waals surface area (Å²) in [6, 6.07) is 0.941. The van der Waals surface area contributed by atoms with Crippen molar-refractivity contribution < 1.29 is 9.47 Å². The minimum atomic E-state index is 0.422. The van der Waals surface area contributed by atoms with Gasteiger partial charge in [-0.3, -0.25) is 4.90 Å². The lowest BCUT2D eigenvalue weighted by atomic mass is 10.1. The van der Waals surface area contributed by atoms with Crippen LogP contribution in [0.15, 0.2) is 12.4 Å². The molecule has 0 spiro atoms. The van der Waals surface area contributed by atoms with Crippen molar-refractivity contribution in [3.8, 4) is 6.01 Å². The average Bonchev–Trinajstić information content (AvgIpc) is 2.42. The second-order valence-corrected chi connectivity index (χ2v) is 4.57. The molecule has 1 aliphatic heterocycles. The minimum Gasteiger partial charge on any atom is -0.467 e. The van der Waals surface area contributed by atoms with Gasteiger partial charge in [0.05, 0.1) is 20.3 Å². The number of hydrogen-bond donors (Lipinski definition) is 0. The first-order valence-electron chi connectivity index (χ1n) is 6.50. The van der Waals surface area contributed by atoms with Gasteiger partial charge in [-0.1, -0.05) is 13.3 Å². The molecule has 0 aromatic carbocycles. The summed E-state index contributed by atoms with van der Waals surface area (Å²) in [7, 11) is 1.58. The third-order valence-corrected chi connectivity index (χ3v) is 3.22. The normalized spacial score (nSPS) is 20.9. The highest BCUT2D eigenvalue weighted by Crippen LogP contribution is 2.15. The van der Waals surface area contributed by atoms with E-state index in [0.717, 1.165) is 31.9 Å². The van der Waals surface area contributed by atoms with E-state index in [1.165, 1.54) is 12.8 Å². The van der Waals surface area contributed by atoms with Gasteiger partial charge in [-0.2, -0.15) is 0 Å². The molecule has 0 unspecified atom stereocenters. The number of morpholine rings is 1. The van der Waals surface area contributed by atoms with Gasteiger partial charge in [0.2, 0.25) is 0 Å². The van der Waals surface area contributed by atoms with Crippen LogP contribution >= 0.6 is 0 Å². The summed E-state index contributed by atoms with van der Waals surface area (Å²) in [5, 5.41) is 0. The highest BCUT2D eigenvalue weighted by Gasteiger charge is 2.22. The van der Waals surface area contributed by atoms with E-state index in [1.807, 2.05) is 12.4 Å². The maximum Gasteiger partial charge on any atom is 0.316 e. The molecule has 1 aromatic heterocycles. The van der Waals surface area contributed by atoms with Crippen molar-refractivity contribution in [2.45, 2.75) is 32.4 Å². The van der Waals surface area contributed by atoms with Crippen LogP contribution in [0.1, 0.15) is 25.3 Å². The van der Waals surface area contributed by atoms with Crippen molar-refractivity contribution >= 4 is 0 Å². The SMILES string of the molecule is CCC[C@@H]1COCCN1Cc1cnc(OC)nc1. The largest absolute Gasteiger partial charge is 0.467 e. The Morgan fingerprint density at radius 3 is 2.89 bits per heavy atom. The Balaban J connectivity index is 1.96. The van der Waals surface area contributed by atoms with Crippen molar-refractivity contribution in [1.82, 2.24) is 14.9 Å². The molecule has 100 valence electrons. The van der Waals surface area contributed by atoms with Gasteiger partial charge >= 0.3 is 6.01 Å². The summed E-state index contributed by atoms with van der Waals surface area (Å²) in [4.78, 5) is 10.7. The van der Waals surface area contributed by atoms with Crippen molar-refractivity contribution in [1.29, 1.82) is 0 Å². The quantitative estimate of drug-likeness (QED) is 0.793. The van der Waals surface area contributed by atoms with Crippen LogP contribution in [0.3, 0.4) is 0 Å². The van der Waals surface area contributed by atoms with E-state index >= 15 is 0 Å². The van der Waals surface area contributed by atoms with Crippen LogP contribution in [-0.2, 0) is 11.3 Å². The van der Waals surface area contributed by atoms with Crippen LogP contribution in [0, 0.1) is 0 Å². The summed E-state index contributed by atoms with van der Waals surface area (Å²) in [6.45, 7) is 5.74. The molecule has 5 heteroatoms. The molecule has 0 amide bonds. The zero-order valence-corrected chi connectivity index (χ0v) is 11.1. The number of aromatic nitrogens is 2. The van der Waals surface area contributed by atoms with Gasteiger partial charge in [-0.05, 0) is 6.42 Å². The number of nitrogens with zero attached hydrogens (tertiary/aromatic N) is 3. The Hall–Kier alpha value is -1.20. The summed E-state index contributed by atoms with van der Waals surface area (Å²) in [5.74, 6) is 0. The van der Waals surface area contributed by atoms with Gasteiger partial charge in [-0.25, -0.2) is 9.97 Å². The molecule has 5 nitrogen and oxygen atoms in total. The first-order valence-corrected chi connectivity index (χ1v) is 6.50. The van der Waals surface area contributed by atoms with Crippen LogP contribution in [-0.4, -0.2) is 47.8 Å². The van der Waals surface area contributed by atoms with Gasteiger partial charge < -0.3 is 9.47 Å². The monoisotopic (exact) mass is 251 g/mol. The number of rotatable bonds is 5. The first kappa shape index (κ1) is 13.2.